The van der Waals surface area contributed by atoms with Gasteiger partial charge in [-0.3, -0.25) is 9.10 Å². The molecule has 1 amide bonds. The molecular weight excluding hydrogens is 464 g/mol. The van der Waals surface area contributed by atoms with E-state index in [1.807, 2.05) is 0 Å². The summed E-state index contributed by atoms with van der Waals surface area (Å²) in [6, 6.07) is 22.9. The fourth-order valence-electron chi connectivity index (χ4n) is 2.99. The van der Waals surface area contributed by atoms with E-state index in [2.05, 4.69) is 36.5 Å². The van der Waals surface area contributed by atoms with E-state index < -0.39 is 10.0 Å². The number of rotatable bonds is 10. The lowest BCUT2D eigenvalue weighted by Gasteiger charge is -2.24. The highest BCUT2D eigenvalue weighted by molar-refractivity contribution is 7.98. The number of benzene rings is 3. The fourth-order valence-corrected chi connectivity index (χ4v) is 5.43. The zero-order valence-electron chi connectivity index (χ0n) is 17.7. The van der Waals surface area contributed by atoms with Crippen molar-refractivity contribution in [3.63, 3.8) is 0 Å². The van der Waals surface area contributed by atoms with Crippen LogP contribution in [0, 0.1) is 6.92 Å². The van der Waals surface area contributed by atoms with Crippen LogP contribution in [0.2, 0.25) is 5.02 Å². The minimum atomic E-state index is -3.93. The molecule has 0 heterocycles. The zero-order chi connectivity index (χ0) is 23.0. The van der Waals surface area contributed by atoms with Crippen LogP contribution < -0.4 is 9.62 Å². The monoisotopic (exact) mass is 488 g/mol. The zero-order valence-corrected chi connectivity index (χ0v) is 20.1. The van der Waals surface area contributed by atoms with Crippen molar-refractivity contribution >= 4 is 45.0 Å². The maximum absolute atomic E-state index is 13.2. The smallest absolute Gasteiger partial charge is 0.264 e. The molecule has 3 aromatic carbocycles. The minimum Gasteiger partial charge on any atom is -0.354 e. The normalized spacial score (nSPS) is 11.2. The molecule has 0 fully saturated rings. The average molecular weight is 489 g/mol. The van der Waals surface area contributed by atoms with E-state index in [0.717, 1.165) is 15.8 Å². The fraction of sp³-hybridized carbons (Fsp3) is 0.208. The van der Waals surface area contributed by atoms with Crippen LogP contribution in [-0.2, 0) is 20.6 Å². The molecule has 0 bridgehead atoms. The molecule has 0 atom stereocenters. The Morgan fingerprint density at radius 3 is 2.41 bits per heavy atom. The first-order valence-electron chi connectivity index (χ1n) is 10.1. The van der Waals surface area contributed by atoms with Gasteiger partial charge < -0.3 is 5.32 Å². The molecule has 8 heteroatoms. The maximum atomic E-state index is 13.2. The van der Waals surface area contributed by atoms with E-state index in [1.54, 1.807) is 48.2 Å². The molecular formula is C24H25ClN2O3S2. The van der Waals surface area contributed by atoms with Crippen LogP contribution in [0.3, 0.4) is 0 Å². The van der Waals surface area contributed by atoms with Crippen LogP contribution >= 0.6 is 23.4 Å². The first-order chi connectivity index (χ1) is 15.4. The highest BCUT2D eigenvalue weighted by Crippen LogP contribution is 2.26. The molecule has 0 aliphatic rings. The van der Waals surface area contributed by atoms with Gasteiger partial charge in [0.1, 0.15) is 6.54 Å². The van der Waals surface area contributed by atoms with Gasteiger partial charge >= 0.3 is 0 Å². The molecule has 0 radical (unpaired) electrons. The predicted octanol–water partition coefficient (Wildman–Crippen LogP) is 4.89. The quantitative estimate of drug-likeness (QED) is 0.412. The van der Waals surface area contributed by atoms with Gasteiger partial charge in [-0.15, -0.1) is 0 Å². The Balaban J connectivity index is 1.62. The highest BCUT2D eigenvalue weighted by atomic mass is 35.5. The third-order valence-electron chi connectivity index (χ3n) is 4.67. The molecule has 0 aliphatic carbocycles. The van der Waals surface area contributed by atoms with Crippen molar-refractivity contribution in [1.82, 2.24) is 5.32 Å². The standard InChI is InChI=1S/C24H25ClN2O3S2/c1-19-10-12-20(13-11-19)18-31-15-14-26-24(28)17-27(22-7-5-6-21(25)16-22)32(29,30)23-8-3-2-4-9-23/h2-13,16H,14-15,17-18H2,1H3,(H,26,28). The number of nitrogens with one attached hydrogen (secondary N) is 1. The molecule has 0 saturated heterocycles. The number of hydrogen-bond acceptors (Lipinski definition) is 4. The Morgan fingerprint density at radius 2 is 1.72 bits per heavy atom. The molecule has 168 valence electrons. The number of carbonyl (C=O) groups is 1. The molecule has 0 spiro atoms. The lowest BCUT2D eigenvalue weighted by Crippen LogP contribution is -2.41. The third-order valence-corrected chi connectivity index (χ3v) is 7.73. The van der Waals surface area contributed by atoms with Crippen molar-refractivity contribution < 1.29 is 13.2 Å². The van der Waals surface area contributed by atoms with E-state index in [0.29, 0.717) is 17.3 Å². The summed E-state index contributed by atoms with van der Waals surface area (Å²) in [7, 11) is -3.93. The Kier molecular flexibility index (Phi) is 8.61. The second-order valence-corrected chi connectivity index (χ2v) is 10.6. The topological polar surface area (TPSA) is 66.5 Å². The van der Waals surface area contributed by atoms with Crippen molar-refractivity contribution in [1.29, 1.82) is 0 Å². The number of sulfonamides is 1. The number of nitrogens with zero attached hydrogens (tertiary/aromatic N) is 1. The molecule has 3 rings (SSSR count). The van der Waals surface area contributed by atoms with E-state index in [-0.39, 0.29) is 17.3 Å². The maximum Gasteiger partial charge on any atom is 0.264 e. The van der Waals surface area contributed by atoms with Crippen LogP contribution in [0.1, 0.15) is 11.1 Å². The van der Waals surface area contributed by atoms with Gasteiger partial charge in [0.2, 0.25) is 5.91 Å². The van der Waals surface area contributed by atoms with Gasteiger partial charge in [0.15, 0.2) is 0 Å². The molecule has 5 nitrogen and oxygen atoms in total. The Hall–Kier alpha value is -2.48. The van der Waals surface area contributed by atoms with Gasteiger partial charge in [0, 0.05) is 23.1 Å². The largest absolute Gasteiger partial charge is 0.354 e. The number of anilines is 1. The van der Waals surface area contributed by atoms with Crippen LogP contribution in [0.15, 0.2) is 83.8 Å². The van der Waals surface area contributed by atoms with Crippen LogP contribution in [0.25, 0.3) is 0 Å². The molecule has 0 saturated carbocycles. The van der Waals surface area contributed by atoms with Crippen LogP contribution in [-0.4, -0.2) is 33.2 Å². The number of halogens is 1. The number of thioether (sulfide) groups is 1. The summed E-state index contributed by atoms with van der Waals surface area (Å²) in [4.78, 5) is 12.7. The third kappa shape index (κ3) is 6.76. The number of aryl methyl sites for hydroxylation is 1. The summed E-state index contributed by atoms with van der Waals surface area (Å²) >= 11 is 7.78. The second kappa shape index (κ2) is 11.4. The SMILES string of the molecule is Cc1ccc(CSCCNC(=O)CN(c2cccc(Cl)c2)S(=O)(=O)c2ccccc2)cc1. The summed E-state index contributed by atoms with van der Waals surface area (Å²) in [5, 5.41) is 3.21. The summed E-state index contributed by atoms with van der Waals surface area (Å²) < 4.78 is 27.6. The van der Waals surface area contributed by atoms with Gasteiger partial charge in [-0.1, -0.05) is 65.7 Å². The van der Waals surface area contributed by atoms with E-state index in [1.165, 1.54) is 29.3 Å². The van der Waals surface area contributed by atoms with E-state index in [9.17, 15) is 13.2 Å². The van der Waals surface area contributed by atoms with Crippen molar-refractivity contribution in [2.45, 2.75) is 17.6 Å². The first-order valence-corrected chi connectivity index (χ1v) is 13.1. The highest BCUT2D eigenvalue weighted by Gasteiger charge is 2.27. The summed E-state index contributed by atoms with van der Waals surface area (Å²) in [5.41, 5.74) is 2.79. The van der Waals surface area contributed by atoms with Crippen molar-refractivity contribution in [3.8, 4) is 0 Å². The van der Waals surface area contributed by atoms with Gasteiger partial charge in [-0.05, 0) is 42.8 Å². The number of hydrogen-bond donors (Lipinski definition) is 1. The van der Waals surface area contributed by atoms with Crippen molar-refractivity contribution in [2.75, 3.05) is 23.1 Å². The van der Waals surface area contributed by atoms with Gasteiger partial charge in [0.25, 0.3) is 10.0 Å². The molecule has 1 N–H and O–H groups in total. The molecule has 0 unspecified atom stereocenters. The summed E-state index contributed by atoms with van der Waals surface area (Å²) in [5.74, 6) is 1.20. The lowest BCUT2D eigenvalue weighted by atomic mass is 10.2. The Labute approximate surface area is 198 Å². The first kappa shape index (κ1) is 24.2. The average Bonchev–Trinajstić information content (AvgIpc) is 2.79. The second-order valence-electron chi connectivity index (χ2n) is 7.19. The number of amides is 1. The molecule has 3 aromatic rings. The minimum absolute atomic E-state index is 0.112. The Morgan fingerprint density at radius 1 is 1.00 bits per heavy atom. The lowest BCUT2D eigenvalue weighted by molar-refractivity contribution is -0.119. The number of carbonyl (C=O) groups excluding carboxylic acids is 1. The predicted molar refractivity (Wildman–Crippen MR) is 133 cm³/mol. The van der Waals surface area contributed by atoms with Crippen LogP contribution in [0.4, 0.5) is 5.69 Å². The summed E-state index contributed by atoms with van der Waals surface area (Å²) in [6.07, 6.45) is 0. The van der Waals surface area contributed by atoms with E-state index in [4.69, 9.17) is 11.6 Å². The molecule has 0 aliphatic heterocycles. The van der Waals surface area contributed by atoms with Crippen LogP contribution in [0.5, 0.6) is 0 Å². The van der Waals surface area contributed by atoms with Gasteiger partial charge in [0.05, 0.1) is 10.6 Å². The van der Waals surface area contributed by atoms with Crippen molar-refractivity contribution in [3.05, 3.63) is 95.0 Å². The summed E-state index contributed by atoms with van der Waals surface area (Å²) in [6.45, 7) is 2.17. The molecule has 0 aromatic heterocycles. The van der Waals surface area contributed by atoms with E-state index >= 15 is 0 Å². The van der Waals surface area contributed by atoms with Gasteiger partial charge in [-0.2, -0.15) is 11.8 Å². The van der Waals surface area contributed by atoms with Gasteiger partial charge in [-0.25, -0.2) is 8.42 Å². The van der Waals surface area contributed by atoms with Crippen molar-refractivity contribution in [2.24, 2.45) is 0 Å². The Bertz CT molecular complexity index is 1140. The molecule has 32 heavy (non-hydrogen) atoms.